The molecule has 0 saturated carbocycles. The monoisotopic (exact) mass is 234 g/mol. The minimum absolute atomic E-state index is 0.0160. The Morgan fingerprint density at radius 1 is 1.53 bits per heavy atom. The highest BCUT2D eigenvalue weighted by Crippen LogP contribution is 2.17. The highest BCUT2D eigenvalue weighted by molar-refractivity contribution is 5.88. The minimum atomic E-state index is -0.402. The van der Waals surface area contributed by atoms with E-state index < -0.39 is 5.91 Å². The van der Waals surface area contributed by atoms with Crippen molar-refractivity contribution in [1.82, 2.24) is 14.9 Å². The lowest BCUT2D eigenvalue weighted by Crippen LogP contribution is -2.30. The molecule has 90 valence electrons. The molecule has 17 heavy (non-hydrogen) atoms. The van der Waals surface area contributed by atoms with Gasteiger partial charge in [-0.05, 0) is 0 Å². The Hall–Kier alpha value is -1.98. The quantitative estimate of drug-likeness (QED) is 0.750. The molecular weight excluding hydrogens is 220 g/mol. The molecule has 1 unspecified atom stereocenters. The predicted molar refractivity (Wildman–Crippen MR) is 59.6 cm³/mol. The van der Waals surface area contributed by atoms with Crippen molar-refractivity contribution in [3.05, 3.63) is 24.3 Å². The van der Waals surface area contributed by atoms with Crippen LogP contribution in [-0.2, 0) is 16.0 Å². The molecule has 1 saturated heterocycles. The SMILES string of the molecule is NC(=O)C1CC(=O)N(CCc2cnccn2)C1. The molecule has 1 aromatic heterocycles. The van der Waals surface area contributed by atoms with E-state index >= 15 is 0 Å². The van der Waals surface area contributed by atoms with Crippen molar-refractivity contribution < 1.29 is 9.59 Å². The van der Waals surface area contributed by atoms with Crippen LogP contribution < -0.4 is 5.73 Å². The third-order valence-electron chi connectivity index (χ3n) is 2.87. The zero-order valence-electron chi connectivity index (χ0n) is 9.37. The van der Waals surface area contributed by atoms with E-state index in [0.717, 1.165) is 5.69 Å². The summed E-state index contributed by atoms with van der Waals surface area (Å²) < 4.78 is 0. The van der Waals surface area contributed by atoms with Gasteiger partial charge in [0.2, 0.25) is 11.8 Å². The van der Waals surface area contributed by atoms with Crippen molar-refractivity contribution in [1.29, 1.82) is 0 Å². The van der Waals surface area contributed by atoms with Gasteiger partial charge in [0, 0.05) is 44.5 Å². The summed E-state index contributed by atoms with van der Waals surface area (Å²) in [6.07, 6.45) is 5.77. The fourth-order valence-corrected chi connectivity index (χ4v) is 1.89. The van der Waals surface area contributed by atoms with Gasteiger partial charge < -0.3 is 10.6 Å². The number of hydrogen-bond donors (Lipinski definition) is 1. The first kappa shape index (κ1) is 11.5. The number of hydrogen-bond acceptors (Lipinski definition) is 4. The lowest BCUT2D eigenvalue weighted by atomic mass is 10.1. The fraction of sp³-hybridized carbons (Fsp3) is 0.455. The number of nitrogens with two attached hydrogens (primary N) is 1. The molecule has 1 aliphatic rings. The molecule has 6 nitrogen and oxygen atoms in total. The van der Waals surface area contributed by atoms with Crippen molar-refractivity contribution in [2.75, 3.05) is 13.1 Å². The number of nitrogens with zero attached hydrogens (tertiary/aromatic N) is 3. The largest absolute Gasteiger partial charge is 0.369 e. The number of carbonyl (C=O) groups is 2. The summed E-state index contributed by atoms with van der Waals surface area (Å²) in [6.45, 7) is 0.982. The van der Waals surface area contributed by atoms with Crippen LogP contribution in [0.5, 0.6) is 0 Å². The first-order valence-electron chi connectivity index (χ1n) is 5.49. The van der Waals surface area contributed by atoms with Crippen molar-refractivity contribution in [2.24, 2.45) is 11.7 Å². The second kappa shape index (κ2) is 4.90. The highest BCUT2D eigenvalue weighted by Gasteiger charge is 2.32. The zero-order chi connectivity index (χ0) is 12.3. The number of rotatable bonds is 4. The van der Waals surface area contributed by atoms with Gasteiger partial charge in [-0.15, -0.1) is 0 Å². The summed E-state index contributed by atoms with van der Waals surface area (Å²) in [6, 6.07) is 0. The molecule has 2 rings (SSSR count). The lowest BCUT2D eigenvalue weighted by molar-refractivity contribution is -0.128. The van der Waals surface area contributed by atoms with Gasteiger partial charge in [0.15, 0.2) is 0 Å². The van der Waals surface area contributed by atoms with Gasteiger partial charge in [0.05, 0.1) is 11.6 Å². The van der Waals surface area contributed by atoms with Crippen molar-refractivity contribution in [3.8, 4) is 0 Å². The number of amides is 2. The molecule has 1 aromatic rings. The smallest absolute Gasteiger partial charge is 0.223 e. The summed E-state index contributed by atoms with van der Waals surface area (Å²) in [5, 5.41) is 0. The average molecular weight is 234 g/mol. The van der Waals surface area contributed by atoms with Crippen LogP contribution in [0, 0.1) is 5.92 Å². The van der Waals surface area contributed by atoms with E-state index in [1.807, 2.05) is 0 Å². The first-order chi connectivity index (χ1) is 8.16. The first-order valence-corrected chi connectivity index (χ1v) is 5.49. The summed E-state index contributed by atoms with van der Waals surface area (Å²) >= 11 is 0. The number of aromatic nitrogens is 2. The van der Waals surface area contributed by atoms with Gasteiger partial charge in [0.25, 0.3) is 0 Å². The Bertz CT molecular complexity index is 421. The van der Waals surface area contributed by atoms with Gasteiger partial charge >= 0.3 is 0 Å². The van der Waals surface area contributed by atoms with E-state index in [0.29, 0.717) is 19.5 Å². The van der Waals surface area contributed by atoms with Crippen LogP contribution in [0.2, 0.25) is 0 Å². The molecule has 2 amide bonds. The molecule has 0 aromatic carbocycles. The second-order valence-electron chi connectivity index (χ2n) is 4.09. The molecule has 2 N–H and O–H groups in total. The number of carbonyl (C=O) groups excluding carboxylic acids is 2. The van der Waals surface area contributed by atoms with Crippen LogP contribution in [0.25, 0.3) is 0 Å². The molecule has 0 bridgehead atoms. The van der Waals surface area contributed by atoms with Gasteiger partial charge in [0.1, 0.15) is 0 Å². The Kier molecular flexibility index (Phi) is 3.32. The summed E-state index contributed by atoms with van der Waals surface area (Å²) in [5.41, 5.74) is 6.03. The topological polar surface area (TPSA) is 89.2 Å². The Morgan fingerprint density at radius 2 is 2.35 bits per heavy atom. The predicted octanol–water partition coefficient (Wildman–Crippen LogP) is -0.647. The van der Waals surface area contributed by atoms with E-state index in [-0.39, 0.29) is 18.2 Å². The van der Waals surface area contributed by atoms with Gasteiger partial charge in [-0.2, -0.15) is 0 Å². The van der Waals surface area contributed by atoms with E-state index in [4.69, 9.17) is 5.73 Å². The maximum atomic E-state index is 11.6. The molecule has 1 atom stereocenters. The number of likely N-dealkylation sites (tertiary alicyclic amines) is 1. The van der Waals surface area contributed by atoms with Crippen LogP contribution in [-0.4, -0.2) is 39.8 Å². The average Bonchev–Trinajstić information content (AvgIpc) is 2.70. The third kappa shape index (κ3) is 2.77. The van der Waals surface area contributed by atoms with Gasteiger partial charge in [-0.1, -0.05) is 0 Å². The van der Waals surface area contributed by atoms with Crippen LogP contribution >= 0.6 is 0 Å². The normalized spacial score (nSPS) is 19.6. The highest BCUT2D eigenvalue weighted by atomic mass is 16.2. The molecule has 1 fully saturated rings. The molecule has 2 heterocycles. The van der Waals surface area contributed by atoms with Crippen LogP contribution in [0.15, 0.2) is 18.6 Å². The third-order valence-corrected chi connectivity index (χ3v) is 2.87. The molecule has 0 radical (unpaired) electrons. The van der Waals surface area contributed by atoms with Crippen LogP contribution in [0.3, 0.4) is 0 Å². The van der Waals surface area contributed by atoms with E-state index in [2.05, 4.69) is 9.97 Å². The summed E-state index contributed by atoms with van der Waals surface area (Å²) in [7, 11) is 0. The molecule has 0 spiro atoms. The van der Waals surface area contributed by atoms with E-state index in [9.17, 15) is 9.59 Å². The van der Waals surface area contributed by atoms with Gasteiger partial charge in [-0.3, -0.25) is 19.6 Å². The standard InChI is InChI=1S/C11H14N4O2/c12-11(17)8-5-10(16)15(7-8)4-1-9-6-13-2-3-14-9/h2-3,6,8H,1,4-5,7H2,(H2,12,17). The van der Waals surface area contributed by atoms with Crippen molar-refractivity contribution >= 4 is 11.8 Å². The van der Waals surface area contributed by atoms with Gasteiger partial charge in [-0.25, -0.2) is 0 Å². The summed E-state index contributed by atoms with van der Waals surface area (Å²) in [4.78, 5) is 32.3. The Morgan fingerprint density at radius 3 is 2.94 bits per heavy atom. The maximum absolute atomic E-state index is 11.6. The Balaban J connectivity index is 1.88. The molecule has 6 heteroatoms. The number of primary amides is 1. The Labute approximate surface area is 98.8 Å². The zero-order valence-corrected chi connectivity index (χ0v) is 9.37. The van der Waals surface area contributed by atoms with Crippen LogP contribution in [0.1, 0.15) is 12.1 Å². The summed E-state index contributed by atoms with van der Waals surface area (Å²) in [5.74, 6) is -0.762. The molecule has 1 aliphatic heterocycles. The lowest BCUT2D eigenvalue weighted by Gasteiger charge is -2.15. The van der Waals surface area contributed by atoms with Crippen molar-refractivity contribution in [2.45, 2.75) is 12.8 Å². The second-order valence-corrected chi connectivity index (χ2v) is 4.09. The van der Waals surface area contributed by atoms with E-state index in [1.54, 1.807) is 23.5 Å². The maximum Gasteiger partial charge on any atom is 0.223 e. The molecule has 0 aliphatic carbocycles. The molecular formula is C11H14N4O2. The van der Waals surface area contributed by atoms with Crippen molar-refractivity contribution in [3.63, 3.8) is 0 Å². The minimum Gasteiger partial charge on any atom is -0.369 e. The van der Waals surface area contributed by atoms with E-state index in [1.165, 1.54) is 0 Å². The fourth-order valence-electron chi connectivity index (χ4n) is 1.89. The van der Waals surface area contributed by atoms with Crippen LogP contribution in [0.4, 0.5) is 0 Å².